The third kappa shape index (κ3) is 7.53. The first-order valence-corrected chi connectivity index (χ1v) is 14.0. The summed E-state index contributed by atoms with van der Waals surface area (Å²) < 4.78 is 37.0. The average molecular weight is 539 g/mol. The van der Waals surface area contributed by atoms with Gasteiger partial charge in [-0.3, -0.25) is 13.9 Å². The molecule has 2 amide bonds. The zero-order valence-electron chi connectivity index (χ0n) is 21.0. The summed E-state index contributed by atoms with van der Waals surface area (Å²) >= 11 is 0. The van der Waals surface area contributed by atoms with Crippen LogP contribution in [0.1, 0.15) is 18.4 Å². The predicted molar refractivity (Wildman–Crippen MR) is 146 cm³/mol. The lowest BCUT2D eigenvalue weighted by molar-refractivity contribution is -0.123. The van der Waals surface area contributed by atoms with E-state index in [1.54, 1.807) is 36.4 Å². The van der Waals surface area contributed by atoms with E-state index in [1.165, 1.54) is 6.21 Å². The number of carbonyl (C=O) groups excluding carboxylic acids is 2. The summed E-state index contributed by atoms with van der Waals surface area (Å²) in [5.41, 5.74) is 3.47. The Morgan fingerprint density at radius 3 is 2.58 bits per heavy atom. The fraction of sp³-hybridized carbons (Fsp3) is 0.296. The maximum atomic E-state index is 12.5. The molecule has 1 atom stereocenters. The second kappa shape index (κ2) is 12.5. The zero-order chi connectivity index (χ0) is 27.0. The fourth-order valence-corrected chi connectivity index (χ4v) is 4.90. The lowest BCUT2D eigenvalue weighted by Gasteiger charge is -2.23. The number of anilines is 1. The molecule has 200 valence electrons. The number of rotatable bonds is 11. The quantitative estimate of drug-likeness (QED) is 0.285. The van der Waals surface area contributed by atoms with E-state index >= 15 is 0 Å². The van der Waals surface area contributed by atoms with Gasteiger partial charge >= 0.3 is 0 Å². The third-order valence-corrected chi connectivity index (χ3v) is 7.05. The van der Waals surface area contributed by atoms with E-state index in [0.29, 0.717) is 23.5 Å². The Balaban J connectivity index is 1.28. The Kier molecular flexibility index (Phi) is 8.93. The Hall–Kier alpha value is -3.96. The van der Waals surface area contributed by atoms with Gasteiger partial charge in [0, 0.05) is 18.5 Å². The van der Waals surface area contributed by atoms with Crippen molar-refractivity contribution < 1.29 is 27.5 Å². The van der Waals surface area contributed by atoms with Crippen molar-refractivity contribution in [3.63, 3.8) is 0 Å². The van der Waals surface area contributed by atoms with Crippen LogP contribution in [0.2, 0.25) is 0 Å². The molecule has 1 saturated heterocycles. The van der Waals surface area contributed by atoms with Crippen molar-refractivity contribution in [3.8, 4) is 5.75 Å². The van der Waals surface area contributed by atoms with Crippen LogP contribution in [0.5, 0.6) is 5.75 Å². The molecule has 0 unspecified atom stereocenters. The van der Waals surface area contributed by atoms with E-state index in [2.05, 4.69) is 15.8 Å². The summed E-state index contributed by atoms with van der Waals surface area (Å²) in [5.74, 6) is -0.300. The van der Waals surface area contributed by atoms with Crippen LogP contribution in [0.25, 0.3) is 10.8 Å². The number of hydrogen-bond acceptors (Lipinski definition) is 7. The monoisotopic (exact) mass is 538 g/mol. The van der Waals surface area contributed by atoms with E-state index in [9.17, 15) is 18.0 Å². The SMILES string of the molecule is CS(=O)(=O)N(CC(=O)N/N=C\c1ccc(OCC(=O)NC[C@H]2CCCO2)cc1)c1cccc2ccccc12. The van der Waals surface area contributed by atoms with Gasteiger partial charge in [0.05, 0.1) is 24.3 Å². The van der Waals surface area contributed by atoms with E-state index in [4.69, 9.17) is 9.47 Å². The van der Waals surface area contributed by atoms with Gasteiger partial charge in [0.25, 0.3) is 11.8 Å². The topological polar surface area (TPSA) is 126 Å². The first-order chi connectivity index (χ1) is 18.3. The third-order valence-electron chi connectivity index (χ3n) is 5.93. The molecular formula is C27H30N4O6S. The molecular weight excluding hydrogens is 508 g/mol. The number of sulfonamides is 1. The highest BCUT2D eigenvalue weighted by atomic mass is 32.2. The summed E-state index contributed by atoms with van der Waals surface area (Å²) in [6.07, 6.45) is 4.53. The van der Waals surface area contributed by atoms with Crippen molar-refractivity contribution >= 4 is 44.5 Å². The van der Waals surface area contributed by atoms with Crippen LogP contribution >= 0.6 is 0 Å². The number of benzene rings is 3. The van der Waals surface area contributed by atoms with Gasteiger partial charge in [0.15, 0.2) is 6.61 Å². The largest absolute Gasteiger partial charge is 0.484 e. The van der Waals surface area contributed by atoms with Crippen molar-refractivity contribution in [2.75, 3.05) is 36.9 Å². The van der Waals surface area contributed by atoms with Gasteiger partial charge in [-0.2, -0.15) is 5.10 Å². The van der Waals surface area contributed by atoms with Crippen LogP contribution in [-0.4, -0.2) is 65.1 Å². The molecule has 0 aromatic heterocycles. The molecule has 3 aromatic rings. The molecule has 0 radical (unpaired) electrons. The van der Waals surface area contributed by atoms with E-state index in [-0.39, 0.29) is 18.6 Å². The van der Waals surface area contributed by atoms with Gasteiger partial charge in [-0.15, -0.1) is 0 Å². The molecule has 10 nitrogen and oxygen atoms in total. The summed E-state index contributed by atoms with van der Waals surface area (Å²) in [7, 11) is -3.73. The fourth-order valence-electron chi connectivity index (χ4n) is 4.03. The first kappa shape index (κ1) is 27.1. The minimum absolute atomic E-state index is 0.0747. The number of nitrogens with zero attached hydrogens (tertiary/aromatic N) is 2. The highest BCUT2D eigenvalue weighted by molar-refractivity contribution is 7.92. The molecule has 0 spiro atoms. The van der Waals surface area contributed by atoms with Crippen molar-refractivity contribution in [2.45, 2.75) is 18.9 Å². The van der Waals surface area contributed by atoms with Crippen LogP contribution < -0.4 is 19.8 Å². The lowest BCUT2D eigenvalue weighted by atomic mass is 10.1. The van der Waals surface area contributed by atoms with Gasteiger partial charge in [-0.05, 0) is 54.1 Å². The second-order valence-electron chi connectivity index (χ2n) is 8.86. The Labute approximate surface area is 221 Å². The molecule has 3 aromatic carbocycles. The Bertz CT molecular complexity index is 1400. The molecule has 2 N–H and O–H groups in total. The molecule has 11 heteroatoms. The minimum Gasteiger partial charge on any atom is -0.484 e. The zero-order valence-corrected chi connectivity index (χ0v) is 21.8. The number of nitrogens with one attached hydrogen (secondary N) is 2. The molecule has 38 heavy (non-hydrogen) atoms. The molecule has 0 saturated carbocycles. The van der Waals surface area contributed by atoms with Gasteiger partial charge in [0.1, 0.15) is 12.3 Å². The average Bonchev–Trinajstić information content (AvgIpc) is 3.43. The normalized spacial score (nSPS) is 15.4. The standard InChI is InChI=1S/C27H30N4O6S/c1-38(34,35)31(25-10-4-7-21-6-2-3-9-24(21)25)18-26(32)30-29-16-20-11-13-22(14-12-20)37-19-27(33)28-17-23-8-5-15-36-23/h2-4,6-7,9-14,16,23H,5,8,15,17-19H2,1H3,(H,28,33)(H,30,32)/b29-16-/t23-/m1/s1. The summed E-state index contributed by atoms with van der Waals surface area (Å²) in [6, 6.07) is 19.4. The molecule has 0 bridgehead atoms. The van der Waals surface area contributed by atoms with Crippen molar-refractivity contribution in [1.82, 2.24) is 10.7 Å². The van der Waals surface area contributed by atoms with E-state index in [1.807, 2.05) is 30.3 Å². The van der Waals surface area contributed by atoms with Crippen LogP contribution in [0.4, 0.5) is 5.69 Å². The summed E-state index contributed by atoms with van der Waals surface area (Å²) in [6.45, 7) is 0.684. The highest BCUT2D eigenvalue weighted by Gasteiger charge is 2.22. The van der Waals surface area contributed by atoms with E-state index in [0.717, 1.165) is 40.8 Å². The maximum absolute atomic E-state index is 12.5. The van der Waals surface area contributed by atoms with Gasteiger partial charge in [-0.25, -0.2) is 13.8 Å². The van der Waals surface area contributed by atoms with Gasteiger partial charge in [0.2, 0.25) is 10.0 Å². The summed E-state index contributed by atoms with van der Waals surface area (Å²) in [4.78, 5) is 24.5. The number of fused-ring (bicyclic) bond motifs is 1. The van der Waals surface area contributed by atoms with Crippen LogP contribution in [0.3, 0.4) is 0 Å². The second-order valence-corrected chi connectivity index (χ2v) is 10.8. The molecule has 0 aliphatic carbocycles. The predicted octanol–water partition coefficient (Wildman–Crippen LogP) is 2.43. The van der Waals surface area contributed by atoms with Crippen LogP contribution in [-0.2, 0) is 24.3 Å². The lowest BCUT2D eigenvalue weighted by Crippen LogP contribution is -2.39. The molecule has 1 aliphatic rings. The van der Waals surface area contributed by atoms with Crippen LogP contribution in [0, 0.1) is 0 Å². The van der Waals surface area contributed by atoms with E-state index < -0.39 is 22.5 Å². The first-order valence-electron chi connectivity index (χ1n) is 12.2. The highest BCUT2D eigenvalue weighted by Crippen LogP contribution is 2.28. The number of hydrazone groups is 1. The number of carbonyl (C=O) groups is 2. The van der Waals surface area contributed by atoms with Crippen LogP contribution in [0.15, 0.2) is 71.8 Å². The number of ether oxygens (including phenoxy) is 2. The van der Waals surface area contributed by atoms with Crippen molar-refractivity contribution in [3.05, 3.63) is 72.3 Å². The number of amides is 2. The number of hydrogen-bond donors (Lipinski definition) is 2. The molecule has 1 aliphatic heterocycles. The smallest absolute Gasteiger partial charge is 0.260 e. The van der Waals surface area contributed by atoms with Gasteiger partial charge < -0.3 is 14.8 Å². The maximum Gasteiger partial charge on any atom is 0.260 e. The Morgan fingerprint density at radius 2 is 1.84 bits per heavy atom. The van der Waals surface area contributed by atoms with Crippen molar-refractivity contribution in [2.24, 2.45) is 5.10 Å². The van der Waals surface area contributed by atoms with Gasteiger partial charge in [-0.1, -0.05) is 36.4 Å². The summed E-state index contributed by atoms with van der Waals surface area (Å²) in [5, 5.41) is 8.32. The van der Waals surface area contributed by atoms with Crippen molar-refractivity contribution in [1.29, 1.82) is 0 Å². The minimum atomic E-state index is -3.73. The molecule has 1 fully saturated rings. The Morgan fingerprint density at radius 1 is 1.08 bits per heavy atom. The molecule has 4 rings (SSSR count). The molecule has 1 heterocycles.